The van der Waals surface area contributed by atoms with Gasteiger partial charge in [0, 0.05) is 17.5 Å². The van der Waals surface area contributed by atoms with Gasteiger partial charge in [0.25, 0.3) is 5.56 Å². The fourth-order valence-electron chi connectivity index (χ4n) is 3.27. The maximum atomic E-state index is 13.0. The van der Waals surface area contributed by atoms with E-state index in [1.165, 1.54) is 4.68 Å². The van der Waals surface area contributed by atoms with Crippen molar-refractivity contribution in [1.29, 1.82) is 0 Å². The number of hydrogen-bond acceptors (Lipinski definition) is 4. The number of para-hydroxylation sites is 1. The molecule has 6 nitrogen and oxygen atoms in total. The van der Waals surface area contributed by atoms with Gasteiger partial charge in [-0.05, 0) is 30.2 Å². The highest BCUT2D eigenvalue weighted by molar-refractivity contribution is 7.70. The van der Waals surface area contributed by atoms with Crippen LogP contribution in [0, 0.1) is 0 Å². The molecule has 0 saturated carbocycles. The number of nitrogens with one attached hydrogen (secondary N) is 1. The molecule has 29 heavy (non-hydrogen) atoms. The molecule has 0 aliphatic heterocycles. The van der Waals surface area contributed by atoms with Crippen molar-refractivity contribution < 1.29 is 8.42 Å². The van der Waals surface area contributed by atoms with E-state index in [1.54, 1.807) is 0 Å². The summed E-state index contributed by atoms with van der Waals surface area (Å²) in [5, 5.41) is 6.07. The second kappa shape index (κ2) is 8.38. The Morgan fingerprint density at radius 1 is 0.828 bits per heavy atom. The van der Waals surface area contributed by atoms with Gasteiger partial charge in [-0.2, -0.15) is 9.78 Å². The van der Waals surface area contributed by atoms with E-state index in [4.69, 9.17) is 0 Å². The summed E-state index contributed by atoms with van der Waals surface area (Å²) in [5.41, 5.74) is 3.16. The molecule has 1 aromatic heterocycles. The van der Waals surface area contributed by atoms with E-state index >= 15 is 0 Å². The molecule has 0 aliphatic carbocycles. The van der Waals surface area contributed by atoms with Gasteiger partial charge in [-0.3, -0.25) is 4.79 Å². The lowest BCUT2D eigenvalue weighted by molar-refractivity contribution is 0.602. The van der Waals surface area contributed by atoms with Crippen molar-refractivity contribution in [2.24, 2.45) is 0 Å². The summed E-state index contributed by atoms with van der Waals surface area (Å²) < 4.78 is 25.1. The monoisotopic (exact) mass is 405 g/mol. The SMILES string of the molecule is O=c1c2ccccc2c(-c2ccc(CCN[SH](=O)=O)cc2)nn1-c1ccccc1. The van der Waals surface area contributed by atoms with Crippen molar-refractivity contribution in [3.8, 4) is 16.9 Å². The van der Waals surface area contributed by atoms with Gasteiger partial charge in [-0.1, -0.05) is 60.7 Å². The quantitative estimate of drug-likeness (QED) is 0.484. The molecule has 0 bridgehead atoms. The molecule has 0 fully saturated rings. The van der Waals surface area contributed by atoms with Crippen LogP contribution in [-0.4, -0.2) is 24.7 Å². The van der Waals surface area contributed by atoms with Crippen LogP contribution in [0.25, 0.3) is 27.7 Å². The maximum Gasteiger partial charge on any atom is 0.279 e. The third-order valence-electron chi connectivity index (χ3n) is 4.69. The smallest absolute Gasteiger partial charge is 0.267 e. The Labute approximate surface area is 169 Å². The first-order valence-corrected chi connectivity index (χ1v) is 10.4. The highest BCUT2D eigenvalue weighted by atomic mass is 32.2. The van der Waals surface area contributed by atoms with Crippen molar-refractivity contribution in [3.05, 3.63) is 94.8 Å². The Balaban J connectivity index is 1.79. The fraction of sp³-hybridized carbons (Fsp3) is 0.0909. The van der Waals surface area contributed by atoms with E-state index in [2.05, 4.69) is 9.82 Å². The summed E-state index contributed by atoms with van der Waals surface area (Å²) in [6, 6.07) is 24.6. The molecule has 0 atom stereocenters. The Morgan fingerprint density at radius 2 is 1.48 bits per heavy atom. The molecule has 7 heteroatoms. The summed E-state index contributed by atoms with van der Waals surface area (Å²) in [6.07, 6.45) is 0.598. The van der Waals surface area contributed by atoms with Crippen LogP contribution in [0.1, 0.15) is 5.56 Å². The number of nitrogens with zero attached hydrogens (tertiary/aromatic N) is 2. The van der Waals surface area contributed by atoms with Crippen LogP contribution in [-0.2, 0) is 17.3 Å². The third-order valence-corrected chi connectivity index (χ3v) is 5.17. The van der Waals surface area contributed by atoms with Crippen LogP contribution < -0.4 is 10.3 Å². The first kappa shape index (κ1) is 19.0. The lowest BCUT2D eigenvalue weighted by atomic mass is 10.0. The molecular weight excluding hydrogens is 386 g/mol. The normalized spacial score (nSPS) is 11.2. The van der Waals surface area contributed by atoms with E-state index in [-0.39, 0.29) is 5.56 Å². The highest BCUT2D eigenvalue weighted by Crippen LogP contribution is 2.25. The van der Waals surface area contributed by atoms with Gasteiger partial charge >= 0.3 is 0 Å². The molecule has 0 saturated heterocycles. The molecule has 3 aromatic carbocycles. The second-order valence-corrected chi connectivity index (χ2v) is 7.39. The van der Waals surface area contributed by atoms with Crippen LogP contribution in [0.4, 0.5) is 0 Å². The third kappa shape index (κ3) is 4.11. The van der Waals surface area contributed by atoms with Crippen LogP contribution >= 0.6 is 0 Å². The lowest BCUT2D eigenvalue weighted by Gasteiger charge is -2.12. The first-order chi connectivity index (χ1) is 14.1. The van der Waals surface area contributed by atoms with Crippen molar-refractivity contribution in [2.45, 2.75) is 6.42 Å². The fourth-order valence-corrected chi connectivity index (χ4v) is 3.56. The van der Waals surface area contributed by atoms with Crippen LogP contribution in [0.15, 0.2) is 83.7 Å². The predicted molar refractivity (Wildman–Crippen MR) is 115 cm³/mol. The molecule has 0 radical (unpaired) electrons. The van der Waals surface area contributed by atoms with Crippen molar-refractivity contribution in [3.63, 3.8) is 0 Å². The van der Waals surface area contributed by atoms with Crippen LogP contribution in [0.3, 0.4) is 0 Å². The van der Waals surface area contributed by atoms with Gasteiger partial charge < -0.3 is 0 Å². The molecule has 146 valence electrons. The Kier molecular flexibility index (Phi) is 5.50. The molecular formula is C22H19N3O3S. The van der Waals surface area contributed by atoms with Crippen molar-refractivity contribution >= 4 is 21.7 Å². The van der Waals surface area contributed by atoms with Crippen molar-refractivity contribution in [1.82, 2.24) is 14.5 Å². The summed E-state index contributed by atoms with van der Waals surface area (Å²) in [5.74, 6) is 0. The van der Waals surface area contributed by atoms with E-state index in [0.717, 1.165) is 22.2 Å². The van der Waals surface area contributed by atoms with E-state index in [1.807, 2.05) is 78.9 Å². The zero-order valence-corrected chi connectivity index (χ0v) is 16.4. The van der Waals surface area contributed by atoms with Gasteiger partial charge in [0.1, 0.15) is 0 Å². The van der Waals surface area contributed by atoms with Crippen molar-refractivity contribution in [2.75, 3.05) is 6.54 Å². The standard InChI is InChI=1S/C22H19N3O3S/c26-22-20-9-5-4-8-19(20)21(24-25(22)18-6-2-1-3-7-18)17-12-10-16(11-13-17)14-15-23-29(27)28/h1-13,29H,14-15H2,(H,23,27,28). The number of thiol groups is 1. The zero-order valence-electron chi connectivity index (χ0n) is 15.5. The summed E-state index contributed by atoms with van der Waals surface area (Å²) >= 11 is 0. The zero-order chi connectivity index (χ0) is 20.2. The minimum Gasteiger partial charge on any atom is -0.267 e. The van der Waals surface area contributed by atoms with Crippen LogP contribution in [0.5, 0.6) is 0 Å². The van der Waals surface area contributed by atoms with Gasteiger partial charge in [0.15, 0.2) is 0 Å². The molecule has 1 N–H and O–H groups in total. The van der Waals surface area contributed by atoms with E-state index in [0.29, 0.717) is 24.0 Å². The van der Waals surface area contributed by atoms with E-state index < -0.39 is 10.9 Å². The minimum absolute atomic E-state index is 0.162. The molecule has 0 aliphatic rings. The summed E-state index contributed by atoms with van der Waals surface area (Å²) in [7, 11) is -2.58. The largest absolute Gasteiger partial charge is 0.279 e. The maximum absolute atomic E-state index is 13.0. The number of rotatable bonds is 6. The Hall–Kier alpha value is -3.29. The van der Waals surface area contributed by atoms with Gasteiger partial charge in [0.2, 0.25) is 10.9 Å². The van der Waals surface area contributed by atoms with Crippen LogP contribution in [0.2, 0.25) is 0 Å². The number of fused-ring (bicyclic) bond motifs is 1. The average Bonchev–Trinajstić information content (AvgIpc) is 2.75. The predicted octanol–water partition coefficient (Wildman–Crippen LogP) is 2.71. The molecule has 1 heterocycles. The van der Waals surface area contributed by atoms with Gasteiger partial charge in [-0.25, -0.2) is 13.1 Å². The number of aromatic nitrogens is 2. The molecule has 0 amide bonds. The summed E-state index contributed by atoms with van der Waals surface area (Å²) in [4.78, 5) is 13.0. The number of benzene rings is 3. The van der Waals surface area contributed by atoms with E-state index in [9.17, 15) is 13.2 Å². The lowest BCUT2D eigenvalue weighted by Crippen LogP contribution is -2.22. The molecule has 4 aromatic rings. The molecule has 4 rings (SSSR count). The second-order valence-electron chi connectivity index (χ2n) is 6.56. The Bertz CT molecular complexity index is 1270. The highest BCUT2D eigenvalue weighted by Gasteiger charge is 2.13. The van der Waals surface area contributed by atoms with Gasteiger partial charge in [-0.15, -0.1) is 0 Å². The topological polar surface area (TPSA) is 81.1 Å². The number of hydrogen-bond donors (Lipinski definition) is 2. The minimum atomic E-state index is -2.58. The molecule has 0 unspecified atom stereocenters. The first-order valence-electron chi connectivity index (χ1n) is 9.18. The Morgan fingerprint density at radius 3 is 2.17 bits per heavy atom. The summed E-state index contributed by atoms with van der Waals surface area (Å²) in [6.45, 7) is 0.359. The average molecular weight is 405 g/mol. The van der Waals surface area contributed by atoms with Gasteiger partial charge in [0.05, 0.1) is 16.8 Å². The molecule has 0 spiro atoms.